The second-order valence-corrected chi connectivity index (χ2v) is 7.43. The molecule has 5 nitrogen and oxygen atoms in total. The third-order valence-corrected chi connectivity index (χ3v) is 6.27. The van der Waals surface area contributed by atoms with E-state index in [1.165, 1.54) is 0 Å². The summed E-state index contributed by atoms with van der Waals surface area (Å²) in [5.41, 5.74) is 1.53. The van der Waals surface area contributed by atoms with E-state index in [0.29, 0.717) is 5.69 Å². The molecule has 110 valence electrons. The van der Waals surface area contributed by atoms with Gasteiger partial charge in [0.05, 0.1) is 16.9 Å². The van der Waals surface area contributed by atoms with Crippen LogP contribution in [0.15, 0.2) is 24.3 Å². The number of anilines is 1. The molecule has 2 aliphatic heterocycles. The van der Waals surface area contributed by atoms with Crippen molar-refractivity contribution in [3.05, 3.63) is 29.8 Å². The normalized spacial score (nSPS) is 30.9. The maximum Gasteiger partial charge on any atom is 0.129 e. The van der Waals surface area contributed by atoms with Crippen LogP contribution in [0.25, 0.3) is 0 Å². The summed E-state index contributed by atoms with van der Waals surface area (Å²) in [6, 6.07) is 7.39. The number of aldehydes is 1. The van der Waals surface area contributed by atoms with E-state index in [2.05, 4.69) is 10.0 Å². The van der Waals surface area contributed by atoms with Crippen molar-refractivity contribution in [1.29, 1.82) is 0 Å². The third kappa shape index (κ3) is 2.33. The average molecular weight is 296 g/mol. The Labute approximate surface area is 120 Å². The van der Waals surface area contributed by atoms with E-state index in [0.717, 1.165) is 37.8 Å². The molecule has 1 saturated heterocycles. The molecule has 0 spiro atoms. The quantitative estimate of drug-likeness (QED) is 0.630. The van der Waals surface area contributed by atoms with E-state index in [4.69, 9.17) is 0 Å². The van der Waals surface area contributed by atoms with Gasteiger partial charge in [-0.25, -0.2) is 0 Å². The van der Waals surface area contributed by atoms with Crippen molar-refractivity contribution in [2.45, 2.75) is 24.0 Å². The van der Waals surface area contributed by atoms with Crippen LogP contribution in [-0.2, 0) is 4.79 Å². The highest BCUT2D eigenvalue weighted by atomic mass is 32.3. The van der Waals surface area contributed by atoms with Crippen molar-refractivity contribution >= 4 is 22.7 Å². The lowest BCUT2D eigenvalue weighted by molar-refractivity contribution is -0.109. The second kappa shape index (κ2) is 5.37. The van der Waals surface area contributed by atoms with Crippen LogP contribution in [0.2, 0.25) is 0 Å². The summed E-state index contributed by atoms with van der Waals surface area (Å²) in [6.07, 6.45) is 2.62. The molecule has 0 saturated carbocycles. The fourth-order valence-electron chi connectivity index (χ4n) is 3.38. The number of hydrogen-bond acceptors (Lipinski definition) is 5. The molecular weight excluding hydrogens is 276 g/mol. The Morgan fingerprint density at radius 3 is 2.60 bits per heavy atom. The molecule has 3 rings (SSSR count). The first-order valence-electron chi connectivity index (χ1n) is 6.93. The minimum Gasteiger partial charge on any atom is -0.317 e. The summed E-state index contributed by atoms with van der Waals surface area (Å²) >= 11 is 0. The van der Waals surface area contributed by atoms with Crippen LogP contribution in [0, 0.1) is 5.92 Å². The summed E-state index contributed by atoms with van der Waals surface area (Å²) in [5.74, 6) is -0.294. The Balaban J connectivity index is 2.00. The average Bonchev–Trinajstić information content (AvgIpc) is 2.45. The standard InChI is InChI=1S/C14H20N2O3S/c17-9-12-11-3-1-2-4-13(11)16-20(18,19)14(12)10-5-7-15-8-6-10/h1-4,9-10,12,14-16,18-19H,5-8H2. The molecule has 0 aromatic heterocycles. The highest BCUT2D eigenvalue weighted by Crippen LogP contribution is 2.58. The van der Waals surface area contributed by atoms with Gasteiger partial charge in [0.15, 0.2) is 0 Å². The summed E-state index contributed by atoms with van der Waals surface area (Å²) in [5, 5.41) is 2.84. The van der Waals surface area contributed by atoms with Gasteiger partial charge in [-0.3, -0.25) is 13.8 Å². The number of benzene rings is 1. The molecule has 1 aromatic carbocycles. The van der Waals surface area contributed by atoms with Crippen LogP contribution < -0.4 is 10.0 Å². The number of nitrogens with one attached hydrogen (secondary N) is 2. The Kier molecular flexibility index (Phi) is 3.72. The van der Waals surface area contributed by atoms with E-state index in [1.807, 2.05) is 18.2 Å². The lowest BCUT2D eigenvalue weighted by atomic mass is 9.83. The SMILES string of the molecule is O=CC1c2ccccc2NS(O)(O)C1C1CCNCC1. The highest BCUT2D eigenvalue weighted by molar-refractivity contribution is 8.26. The summed E-state index contributed by atoms with van der Waals surface area (Å²) in [7, 11) is -3.01. The topological polar surface area (TPSA) is 81.6 Å². The number of hydrogen-bond donors (Lipinski definition) is 4. The van der Waals surface area contributed by atoms with Crippen molar-refractivity contribution in [1.82, 2.24) is 5.32 Å². The van der Waals surface area contributed by atoms with Crippen LogP contribution in [-0.4, -0.2) is 33.7 Å². The van der Waals surface area contributed by atoms with Crippen molar-refractivity contribution in [2.75, 3.05) is 17.8 Å². The monoisotopic (exact) mass is 296 g/mol. The van der Waals surface area contributed by atoms with Crippen LogP contribution in [0.3, 0.4) is 0 Å². The molecule has 2 atom stereocenters. The molecule has 20 heavy (non-hydrogen) atoms. The molecule has 4 N–H and O–H groups in total. The lowest BCUT2D eigenvalue weighted by Gasteiger charge is -2.51. The highest BCUT2D eigenvalue weighted by Gasteiger charge is 2.44. The maximum absolute atomic E-state index is 11.6. The van der Waals surface area contributed by atoms with Crippen LogP contribution in [0.1, 0.15) is 24.3 Å². The van der Waals surface area contributed by atoms with E-state index >= 15 is 0 Å². The zero-order valence-electron chi connectivity index (χ0n) is 11.2. The Morgan fingerprint density at radius 1 is 1.20 bits per heavy atom. The first-order chi connectivity index (χ1) is 9.63. The minimum atomic E-state index is -3.01. The zero-order valence-corrected chi connectivity index (χ0v) is 12.0. The van der Waals surface area contributed by atoms with Crippen LogP contribution in [0.5, 0.6) is 0 Å². The summed E-state index contributed by atoms with van der Waals surface area (Å²) in [6.45, 7) is 1.73. The number of carbonyl (C=O) groups is 1. The number of carbonyl (C=O) groups excluding carboxylic acids is 1. The molecule has 1 fully saturated rings. The molecule has 2 unspecified atom stereocenters. The predicted molar refractivity (Wildman–Crippen MR) is 81.1 cm³/mol. The van der Waals surface area contributed by atoms with Gasteiger partial charge in [0.25, 0.3) is 0 Å². The number of fused-ring (bicyclic) bond motifs is 1. The largest absolute Gasteiger partial charge is 0.317 e. The molecule has 0 bridgehead atoms. The molecule has 0 radical (unpaired) electrons. The molecule has 1 aromatic rings. The number of para-hydroxylation sites is 1. The molecule has 0 aliphatic carbocycles. The third-order valence-electron chi connectivity index (χ3n) is 4.31. The van der Waals surface area contributed by atoms with Crippen molar-refractivity contribution in [3.8, 4) is 0 Å². The van der Waals surface area contributed by atoms with E-state index in [9.17, 15) is 13.9 Å². The molecule has 6 heteroatoms. The van der Waals surface area contributed by atoms with Crippen LogP contribution >= 0.6 is 10.8 Å². The summed E-state index contributed by atoms with van der Waals surface area (Å²) < 4.78 is 23.8. The van der Waals surface area contributed by atoms with Crippen LogP contribution in [0.4, 0.5) is 5.69 Å². The first kappa shape index (κ1) is 13.9. The fraction of sp³-hybridized carbons (Fsp3) is 0.500. The van der Waals surface area contributed by atoms with Gasteiger partial charge in [0.2, 0.25) is 0 Å². The number of rotatable bonds is 2. The zero-order chi connectivity index (χ0) is 14.2. The van der Waals surface area contributed by atoms with Gasteiger partial charge in [-0.2, -0.15) is 0 Å². The molecule has 2 heterocycles. The molecular formula is C14H20N2O3S. The smallest absolute Gasteiger partial charge is 0.129 e. The van der Waals surface area contributed by atoms with Gasteiger partial charge in [-0.1, -0.05) is 18.2 Å². The Hall–Kier alpha value is -1.08. The van der Waals surface area contributed by atoms with E-state index < -0.39 is 21.9 Å². The van der Waals surface area contributed by atoms with Gasteiger partial charge in [-0.05, 0) is 43.5 Å². The van der Waals surface area contributed by atoms with Gasteiger partial charge in [0, 0.05) is 0 Å². The van der Waals surface area contributed by atoms with Gasteiger partial charge in [-0.15, -0.1) is 10.8 Å². The van der Waals surface area contributed by atoms with Crippen molar-refractivity contribution in [2.24, 2.45) is 5.92 Å². The van der Waals surface area contributed by atoms with E-state index in [1.54, 1.807) is 6.07 Å². The summed E-state index contributed by atoms with van der Waals surface area (Å²) in [4.78, 5) is 11.6. The second-order valence-electron chi connectivity index (χ2n) is 5.50. The Morgan fingerprint density at radius 2 is 1.90 bits per heavy atom. The van der Waals surface area contributed by atoms with Gasteiger partial charge >= 0.3 is 0 Å². The van der Waals surface area contributed by atoms with Gasteiger partial charge in [0.1, 0.15) is 6.29 Å². The van der Waals surface area contributed by atoms with Crippen molar-refractivity contribution in [3.63, 3.8) is 0 Å². The lowest BCUT2D eigenvalue weighted by Crippen LogP contribution is -2.44. The molecule has 0 amide bonds. The van der Waals surface area contributed by atoms with E-state index in [-0.39, 0.29) is 5.92 Å². The minimum absolute atomic E-state index is 0.150. The molecule has 2 aliphatic rings. The predicted octanol–water partition coefficient (Wildman–Crippen LogP) is 2.43. The Bertz CT molecular complexity index is 503. The number of piperidine rings is 1. The maximum atomic E-state index is 11.6. The van der Waals surface area contributed by atoms with Gasteiger partial charge < -0.3 is 10.1 Å². The van der Waals surface area contributed by atoms with Crippen molar-refractivity contribution < 1.29 is 13.9 Å². The first-order valence-corrected chi connectivity index (χ1v) is 8.54. The fourth-order valence-corrected chi connectivity index (χ4v) is 5.45.